The highest BCUT2D eigenvalue weighted by molar-refractivity contribution is 4.99. The zero-order valence-corrected chi connectivity index (χ0v) is 7.53. The summed E-state index contributed by atoms with van der Waals surface area (Å²) in [6.45, 7) is 3.60. The molecule has 12 heavy (non-hydrogen) atoms. The van der Waals surface area contributed by atoms with Crippen LogP contribution in [0.1, 0.15) is 19.3 Å². The predicted octanol–water partition coefficient (Wildman–Crippen LogP) is 1.96. The molecule has 2 nitrogen and oxygen atoms in total. The van der Waals surface area contributed by atoms with Gasteiger partial charge < -0.3 is 9.47 Å². The van der Waals surface area contributed by atoms with E-state index in [0.29, 0.717) is 6.10 Å². The third kappa shape index (κ3) is 1.06. The van der Waals surface area contributed by atoms with Crippen molar-refractivity contribution in [2.45, 2.75) is 31.5 Å². The summed E-state index contributed by atoms with van der Waals surface area (Å²) in [7, 11) is 1.78. The van der Waals surface area contributed by atoms with E-state index < -0.39 is 0 Å². The second-order valence-corrected chi connectivity index (χ2v) is 3.80. The predicted molar refractivity (Wildman–Crippen MR) is 46.7 cm³/mol. The van der Waals surface area contributed by atoms with E-state index in [0.717, 1.165) is 11.8 Å². The molecule has 2 saturated carbocycles. The van der Waals surface area contributed by atoms with Crippen LogP contribution in [0.3, 0.4) is 0 Å². The van der Waals surface area contributed by atoms with Crippen molar-refractivity contribution in [3.05, 3.63) is 12.8 Å². The first-order valence-corrected chi connectivity index (χ1v) is 4.66. The SMILES string of the molecule is C=COC1C2CCC(C2)C1OC. The Morgan fingerprint density at radius 2 is 1.92 bits per heavy atom. The molecule has 0 radical (unpaired) electrons. The van der Waals surface area contributed by atoms with Gasteiger partial charge in [0.05, 0.1) is 12.4 Å². The summed E-state index contributed by atoms with van der Waals surface area (Å²) < 4.78 is 10.9. The first kappa shape index (κ1) is 8.11. The number of rotatable bonds is 3. The van der Waals surface area contributed by atoms with E-state index in [1.54, 1.807) is 13.4 Å². The molecule has 68 valence electrons. The van der Waals surface area contributed by atoms with Gasteiger partial charge >= 0.3 is 0 Å². The van der Waals surface area contributed by atoms with Gasteiger partial charge in [0.25, 0.3) is 0 Å². The molecule has 0 aromatic rings. The molecule has 2 bridgehead atoms. The molecular weight excluding hydrogens is 152 g/mol. The Balaban J connectivity index is 2.05. The zero-order chi connectivity index (χ0) is 8.55. The number of ether oxygens (including phenoxy) is 2. The Bertz CT molecular complexity index is 179. The Kier molecular flexibility index (Phi) is 2.09. The van der Waals surface area contributed by atoms with Gasteiger partial charge in [-0.1, -0.05) is 6.58 Å². The maximum absolute atomic E-state index is 5.48. The van der Waals surface area contributed by atoms with Gasteiger partial charge in [-0.3, -0.25) is 0 Å². The minimum Gasteiger partial charge on any atom is -0.496 e. The fourth-order valence-electron chi connectivity index (χ4n) is 2.81. The summed E-state index contributed by atoms with van der Waals surface area (Å²) in [5.74, 6) is 1.46. The van der Waals surface area contributed by atoms with Gasteiger partial charge in [0.15, 0.2) is 0 Å². The zero-order valence-electron chi connectivity index (χ0n) is 7.53. The lowest BCUT2D eigenvalue weighted by Crippen LogP contribution is -2.35. The third-order valence-electron chi connectivity index (χ3n) is 3.29. The molecule has 0 saturated heterocycles. The second kappa shape index (κ2) is 3.09. The van der Waals surface area contributed by atoms with Gasteiger partial charge in [-0.05, 0) is 31.1 Å². The quantitative estimate of drug-likeness (QED) is 0.600. The summed E-state index contributed by atoms with van der Waals surface area (Å²) in [6, 6.07) is 0. The van der Waals surface area contributed by atoms with Crippen LogP contribution < -0.4 is 0 Å². The van der Waals surface area contributed by atoms with E-state index in [9.17, 15) is 0 Å². The molecular formula is C10H16O2. The van der Waals surface area contributed by atoms with E-state index in [-0.39, 0.29) is 6.10 Å². The van der Waals surface area contributed by atoms with Gasteiger partial charge in [0.2, 0.25) is 0 Å². The van der Waals surface area contributed by atoms with Crippen LogP contribution in [0.5, 0.6) is 0 Å². The fourth-order valence-corrected chi connectivity index (χ4v) is 2.81. The Labute approximate surface area is 73.5 Å². The van der Waals surface area contributed by atoms with E-state index in [4.69, 9.17) is 9.47 Å². The maximum atomic E-state index is 5.48. The van der Waals surface area contributed by atoms with Crippen LogP contribution in [0.25, 0.3) is 0 Å². The lowest BCUT2D eigenvalue weighted by atomic mass is 9.95. The smallest absolute Gasteiger partial charge is 0.127 e. The van der Waals surface area contributed by atoms with Crippen molar-refractivity contribution in [3.63, 3.8) is 0 Å². The largest absolute Gasteiger partial charge is 0.496 e. The van der Waals surface area contributed by atoms with E-state index >= 15 is 0 Å². The van der Waals surface area contributed by atoms with Crippen LogP contribution in [0.4, 0.5) is 0 Å². The van der Waals surface area contributed by atoms with Crippen molar-refractivity contribution >= 4 is 0 Å². The summed E-state index contributed by atoms with van der Waals surface area (Å²) in [4.78, 5) is 0. The van der Waals surface area contributed by atoms with E-state index in [2.05, 4.69) is 6.58 Å². The lowest BCUT2D eigenvalue weighted by Gasteiger charge is -2.28. The third-order valence-corrected chi connectivity index (χ3v) is 3.29. The highest BCUT2D eigenvalue weighted by Gasteiger charge is 2.48. The fraction of sp³-hybridized carbons (Fsp3) is 0.800. The van der Waals surface area contributed by atoms with Gasteiger partial charge in [0.1, 0.15) is 6.10 Å². The molecule has 0 N–H and O–H groups in total. The first-order valence-electron chi connectivity index (χ1n) is 4.66. The monoisotopic (exact) mass is 168 g/mol. The highest BCUT2D eigenvalue weighted by Crippen LogP contribution is 2.47. The van der Waals surface area contributed by atoms with Crippen molar-refractivity contribution in [1.29, 1.82) is 0 Å². The van der Waals surface area contributed by atoms with Crippen molar-refractivity contribution < 1.29 is 9.47 Å². The molecule has 0 spiro atoms. The van der Waals surface area contributed by atoms with Crippen molar-refractivity contribution in [1.82, 2.24) is 0 Å². The van der Waals surface area contributed by atoms with E-state index in [1.807, 2.05) is 0 Å². The summed E-state index contributed by atoms with van der Waals surface area (Å²) >= 11 is 0. The van der Waals surface area contributed by atoms with Gasteiger partial charge in [0, 0.05) is 7.11 Å². The molecule has 4 unspecified atom stereocenters. The number of hydrogen-bond acceptors (Lipinski definition) is 2. The molecule has 2 rings (SSSR count). The Morgan fingerprint density at radius 3 is 2.50 bits per heavy atom. The molecule has 0 aliphatic heterocycles. The molecule has 4 atom stereocenters. The normalized spacial score (nSPS) is 44.8. The molecule has 0 amide bonds. The molecule has 2 aliphatic carbocycles. The number of hydrogen-bond donors (Lipinski definition) is 0. The Hall–Kier alpha value is -0.500. The van der Waals surface area contributed by atoms with Crippen molar-refractivity contribution in [2.75, 3.05) is 7.11 Å². The molecule has 0 heterocycles. The minimum atomic E-state index is 0.284. The molecule has 0 aromatic heterocycles. The summed E-state index contributed by atoms with van der Waals surface area (Å²) in [5.41, 5.74) is 0. The van der Waals surface area contributed by atoms with Crippen molar-refractivity contribution in [3.8, 4) is 0 Å². The molecule has 2 fully saturated rings. The summed E-state index contributed by atoms with van der Waals surface area (Å²) in [5, 5.41) is 0. The topological polar surface area (TPSA) is 18.5 Å². The second-order valence-electron chi connectivity index (χ2n) is 3.80. The lowest BCUT2D eigenvalue weighted by molar-refractivity contribution is -0.0490. The highest BCUT2D eigenvalue weighted by atomic mass is 16.5. The van der Waals surface area contributed by atoms with Crippen LogP contribution in [-0.2, 0) is 9.47 Å². The molecule has 2 heteroatoms. The van der Waals surface area contributed by atoms with Crippen LogP contribution >= 0.6 is 0 Å². The van der Waals surface area contributed by atoms with Gasteiger partial charge in [-0.25, -0.2) is 0 Å². The van der Waals surface area contributed by atoms with Crippen molar-refractivity contribution in [2.24, 2.45) is 11.8 Å². The van der Waals surface area contributed by atoms with Gasteiger partial charge in [-0.15, -0.1) is 0 Å². The number of fused-ring (bicyclic) bond motifs is 2. The molecule has 0 aromatic carbocycles. The summed E-state index contributed by atoms with van der Waals surface area (Å²) in [6.07, 6.45) is 6.07. The first-order chi connectivity index (χ1) is 5.86. The maximum Gasteiger partial charge on any atom is 0.127 e. The van der Waals surface area contributed by atoms with Gasteiger partial charge in [-0.2, -0.15) is 0 Å². The van der Waals surface area contributed by atoms with E-state index in [1.165, 1.54) is 19.3 Å². The number of methoxy groups -OCH3 is 1. The minimum absolute atomic E-state index is 0.284. The van der Waals surface area contributed by atoms with Crippen LogP contribution in [0.2, 0.25) is 0 Å². The van der Waals surface area contributed by atoms with Crippen LogP contribution in [0.15, 0.2) is 12.8 Å². The van der Waals surface area contributed by atoms with Crippen LogP contribution in [-0.4, -0.2) is 19.3 Å². The average Bonchev–Trinajstić information content (AvgIpc) is 2.64. The standard InChI is InChI=1S/C10H16O2/c1-3-12-10-8-5-4-7(6-8)9(10)11-2/h3,7-10H,1,4-6H2,2H3. The molecule has 2 aliphatic rings. The Morgan fingerprint density at radius 1 is 1.25 bits per heavy atom. The van der Waals surface area contributed by atoms with Crippen LogP contribution in [0, 0.1) is 11.8 Å². The average molecular weight is 168 g/mol.